The zero-order chi connectivity index (χ0) is 18.3. The summed E-state index contributed by atoms with van der Waals surface area (Å²) in [5.41, 5.74) is 5.49. The van der Waals surface area contributed by atoms with Gasteiger partial charge in [-0.2, -0.15) is 10.4 Å². The zero-order valence-corrected chi connectivity index (χ0v) is 14.7. The van der Waals surface area contributed by atoms with Gasteiger partial charge in [0.25, 0.3) is 0 Å². The van der Waals surface area contributed by atoms with Crippen LogP contribution in [-0.2, 0) is 4.79 Å². The Morgan fingerprint density at radius 1 is 1.19 bits per heavy atom. The molecule has 1 amide bonds. The van der Waals surface area contributed by atoms with Gasteiger partial charge < -0.3 is 5.32 Å². The summed E-state index contributed by atoms with van der Waals surface area (Å²) in [6.45, 7) is 3.99. The molecule has 2 heterocycles. The van der Waals surface area contributed by atoms with E-state index in [0.29, 0.717) is 12.0 Å². The highest BCUT2D eigenvalue weighted by Gasteiger charge is 2.32. The summed E-state index contributed by atoms with van der Waals surface area (Å²) in [7, 11) is 0. The lowest BCUT2D eigenvalue weighted by molar-refractivity contribution is -0.116. The molecule has 4 rings (SSSR count). The van der Waals surface area contributed by atoms with E-state index in [1.807, 2.05) is 61.0 Å². The fraction of sp³-hybridized carbons (Fsp3) is 0.190. The van der Waals surface area contributed by atoms with E-state index in [0.717, 1.165) is 33.9 Å². The number of amides is 1. The number of nitriles is 1. The molecule has 128 valence electrons. The van der Waals surface area contributed by atoms with Gasteiger partial charge in [-0.1, -0.05) is 30.3 Å². The Hall–Kier alpha value is -3.39. The largest absolute Gasteiger partial charge is 0.310 e. The predicted octanol–water partition coefficient (Wildman–Crippen LogP) is 3.83. The number of hydrogen-bond donors (Lipinski definition) is 1. The standard InChI is InChI=1S/C21H18N4O/c1-13-6-3-4-9-18(13)25-21-20(14(2)24-25)17(11-19(26)23-21)16-8-5-7-15(10-16)12-22/h3-10,17H,11H2,1-2H3,(H,23,26). The molecule has 5 heteroatoms. The fourth-order valence-corrected chi connectivity index (χ4v) is 3.63. The van der Waals surface area contributed by atoms with Crippen molar-refractivity contribution in [1.82, 2.24) is 9.78 Å². The number of carbonyl (C=O) groups excluding carboxylic acids is 1. The monoisotopic (exact) mass is 342 g/mol. The van der Waals surface area contributed by atoms with Crippen LogP contribution in [0.2, 0.25) is 0 Å². The highest BCUT2D eigenvalue weighted by Crippen LogP contribution is 2.40. The smallest absolute Gasteiger partial charge is 0.226 e. The van der Waals surface area contributed by atoms with Gasteiger partial charge in [-0.05, 0) is 43.2 Å². The van der Waals surface area contributed by atoms with Crippen LogP contribution >= 0.6 is 0 Å². The number of hydrogen-bond acceptors (Lipinski definition) is 3. The first-order valence-corrected chi connectivity index (χ1v) is 8.54. The Labute approximate surface area is 151 Å². The van der Waals surface area contributed by atoms with Crippen molar-refractivity contribution >= 4 is 11.7 Å². The first-order valence-electron chi connectivity index (χ1n) is 8.54. The molecule has 1 unspecified atom stereocenters. The van der Waals surface area contributed by atoms with Gasteiger partial charge in [-0.25, -0.2) is 4.68 Å². The van der Waals surface area contributed by atoms with Gasteiger partial charge in [0.05, 0.1) is 23.0 Å². The summed E-state index contributed by atoms with van der Waals surface area (Å²) in [6, 6.07) is 17.6. The highest BCUT2D eigenvalue weighted by atomic mass is 16.1. The van der Waals surface area contributed by atoms with Crippen molar-refractivity contribution in [1.29, 1.82) is 5.26 Å². The molecule has 0 saturated carbocycles. The number of benzene rings is 2. The molecule has 3 aromatic rings. The molecule has 1 aromatic heterocycles. The number of para-hydroxylation sites is 1. The number of aromatic nitrogens is 2. The SMILES string of the molecule is Cc1ccccc1-n1nc(C)c2c1NC(=O)CC2c1cccc(C#N)c1. The van der Waals surface area contributed by atoms with Crippen molar-refractivity contribution < 1.29 is 4.79 Å². The number of rotatable bonds is 2. The maximum Gasteiger partial charge on any atom is 0.226 e. The number of nitrogens with zero attached hydrogens (tertiary/aromatic N) is 3. The molecule has 2 aromatic carbocycles. The number of carbonyl (C=O) groups is 1. The van der Waals surface area contributed by atoms with Gasteiger partial charge in [-0.15, -0.1) is 0 Å². The number of fused-ring (bicyclic) bond motifs is 1. The second-order valence-corrected chi connectivity index (χ2v) is 6.59. The van der Waals surface area contributed by atoms with Gasteiger partial charge >= 0.3 is 0 Å². The molecule has 0 radical (unpaired) electrons. The molecule has 0 saturated heterocycles. The second-order valence-electron chi connectivity index (χ2n) is 6.59. The van der Waals surface area contributed by atoms with Gasteiger partial charge in [0, 0.05) is 17.9 Å². The summed E-state index contributed by atoms with van der Waals surface area (Å²) in [5, 5.41) is 16.9. The van der Waals surface area contributed by atoms with Crippen LogP contribution in [0.15, 0.2) is 48.5 Å². The molecule has 1 aliphatic rings. The minimum absolute atomic E-state index is 0.0420. The van der Waals surface area contributed by atoms with Gasteiger partial charge in [0.2, 0.25) is 5.91 Å². The van der Waals surface area contributed by atoms with Gasteiger partial charge in [-0.3, -0.25) is 4.79 Å². The van der Waals surface area contributed by atoms with Crippen LogP contribution in [0.1, 0.15) is 40.3 Å². The Morgan fingerprint density at radius 3 is 2.77 bits per heavy atom. The van der Waals surface area contributed by atoms with E-state index in [1.54, 1.807) is 6.07 Å². The van der Waals surface area contributed by atoms with Crippen LogP contribution in [0.3, 0.4) is 0 Å². The minimum Gasteiger partial charge on any atom is -0.310 e. The molecule has 0 spiro atoms. The summed E-state index contributed by atoms with van der Waals surface area (Å²) >= 11 is 0. The molecule has 1 N–H and O–H groups in total. The fourth-order valence-electron chi connectivity index (χ4n) is 3.63. The zero-order valence-electron chi connectivity index (χ0n) is 14.7. The first-order chi connectivity index (χ1) is 12.6. The predicted molar refractivity (Wildman–Crippen MR) is 99.3 cm³/mol. The maximum absolute atomic E-state index is 12.4. The van der Waals surface area contributed by atoms with E-state index < -0.39 is 0 Å². The number of nitrogens with one attached hydrogen (secondary N) is 1. The van der Waals surface area contributed by atoms with E-state index in [1.165, 1.54) is 0 Å². The van der Waals surface area contributed by atoms with Crippen LogP contribution in [-0.4, -0.2) is 15.7 Å². The van der Waals surface area contributed by atoms with E-state index in [2.05, 4.69) is 11.4 Å². The quantitative estimate of drug-likeness (QED) is 0.769. The number of anilines is 1. The third kappa shape index (κ3) is 2.56. The summed E-state index contributed by atoms with van der Waals surface area (Å²) in [5.74, 6) is 0.574. The van der Waals surface area contributed by atoms with E-state index in [9.17, 15) is 10.1 Å². The molecule has 0 aliphatic carbocycles. The van der Waals surface area contributed by atoms with Gasteiger partial charge in [0.1, 0.15) is 5.82 Å². The normalized spacial score (nSPS) is 15.9. The van der Waals surface area contributed by atoms with Crippen molar-refractivity contribution in [2.45, 2.75) is 26.2 Å². The lowest BCUT2D eigenvalue weighted by Gasteiger charge is -2.24. The minimum atomic E-state index is -0.107. The van der Waals surface area contributed by atoms with Crippen molar-refractivity contribution in [3.8, 4) is 11.8 Å². The van der Waals surface area contributed by atoms with Crippen LogP contribution in [0.25, 0.3) is 5.69 Å². The Morgan fingerprint density at radius 2 is 2.00 bits per heavy atom. The van der Waals surface area contributed by atoms with Crippen molar-refractivity contribution in [3.05, 3.63) is 76.5 Å². The third-order valence-corrected chi connectivity index (χ3v) is 4.86. The van der Waals surface area contributed by atoms with Crippen molar-refractivity contribution in [3.63, 3.8) is 0 Å². The summed E-state index contributed by atoms with van der Waals surface area (Å²) in [6.07, 6.45) is 0.349. The Kier molecular flexibility index (Phi) is 3.81. The molecule has 26 heavy (non-hydrogen) atoms. The molecular weight excluding hydrogens is 324 g/mol. The average Bonchev–Trinajstić information content (AvgIpc) is 2.98. The molecule has 5 nitrogen and oxygen atoms in total. The maximum atomic E-state index is 12.4. The second kappa shape index (κ2) is 6.16. The van der Waals surface area contributed by atoms with Crippen LogP contribution in [0, 0.1) is 25.2 Å². The topological polar surface area (TPSA) is 70.7 Å². The van der Waals surface area contributed by atoms with E-state index in [4.69, 9.17) is 5.10 Å². The Balaban J connectivity index is 1.90. The van der Waals surface area contributed by atoms with Crippen LogP contribution < -0.4 is 5.32 Å². The number of aryl methyl sites for hydroxylation is 2. The summed E-state index contributed by atoms with van der Waals surface area (Å²) < 4.78 is 1.82. The lowest BCUT2D eigenvalue weighted by Crippen LogP contribution is -2.25. The molecule has 1 aliphatic heterocycles. The highest BCUT2D eigenvalue weighted by molar-refractivity contribution is 5.95. The summed E-state index contributed by atoms with van der Waals surface area (Å²) in [4.78, 5) is 12.4. The Bertz CT molecular complexity index is 1060. The van der Waals surface area contributed by atoms with Crippen LogP contribution in [0.5, 0.6) is 0 Å². The lowest BCUT2D eigenvalue weighted by atomic mass is 9.85. The molecular formula is C21H18N4O. The van der Waals surface area contributed by atoms with Gasteiger partial charge in [0.15, 0.2) is 0 Å². The first kappa shape index (κ1) is 16.1. The van der Waals surface area contributed by atoms with E-state index >= 15 is 0 Å². The van der Waals surface area contributed by atoms with Crippen molar-refractivity contribution in [2.24, 2.45) is 0 Å². The molecule has 1 atom stereocenters. The average molecular weight is 342 g/mol. The molecule has 0 fully saturated rings. The van der Waals surface area contributed by atoms with Crippen LogP contribution in [0.4, 0.5) is 5.82 Å². The third-order valence-electron chi connectivity index (χ3n) is 4.86. The van der Waals surface area contributed by atoms with E-state index in [-0.39, 0.29) is 11.8 Å². The molecule has 0 bridgehead atoms. The van der Waals surface area contributed by atoms with Crippen molar-refractivity contribution in [2.75, 3.05) is 5.32 Å².